The van der Waals surface area contributed by atoms with E-state index >= 15 is 4.39 Å². The van der Waals surface area contributed by atoms with Crippen LogP contribution in [0.5, 0.6) is 11.5 Å². The molecule has 0 heterocycles. The molecule has 1 saturated carbocycles. The van der Waals surface area contributed by atoms with Crippen LogP contribution in [0.1, 0.15) is 68.4 Å². The van der Waals surface area contributed by atoms with Crippen LogP contribution in [0.3, 0.4) is 0 Å². The van der Waals surface area contributed by atoms with E-state index in [0.717, 1.165) is 54.4 Å². The summed E-state index contributed by atoms with van der Waals surface area (Å²) in [6.45, 7) is 6.72. The minimum Gasteiger partial charge on any atom is -0.497 e. The molecule has 1 fully saturated rings. The van der Waals surface area contributed by atoms with Gasteiger partial charge in [-0.15, -0.1) is 0 Å². The summed E-state index contributed by atoms with van der Waals surface area (Å²) in [6.07, 6.45) is 5.00. The number of aldehydes is 1. The highest BCUT2D eigenvalue weighted by Gasteiger charge is 2.51. The summed E-state index contributed by atoms with van der Waals surface area (Å²) in [4.78, 5) is 11.7. The van der Waals surface area contributed by atoms with Crippen LogP contribution in [0.2, 0.25) is 0 Å². The van der Waals surface area contributed by atoms with Crippen LogP contribution in [-0.4, -0.2) is 20.5 Å². The van der Waals surface area contributed by atoms with Crippen LogP contribution >= 0.6 is 0 Å². The predicted octanol–water partition coefficient (Wildman–Crippen LogP) is 7.61. The molecule has 38 heavy (non-hydrogen) atoms. The number of benzene rings is 3. The largest absolute Gasteiger partial charge is 0.497 e. The van der Waals surface area contributed by atoms with E-state index in [2.05, 4.69) is 39.0 Å². The maximum atomic E-state index is 15.0. The van der Waals surface area contributed by atoms with E-state index in [0.29, 0.717) is 17.9 Å². The smallest absolute Gasteiger partial charge is 0.131 e. The second-order valence-electron chi connectivity index (χ2n) is 11.8. The van der Waals surface area contributed by atoms with Gasteiger partial charge in [0.25, 0.3) is 0 Å². The Morgan fingerprint density at radius 1 is 1.00 bits per heavy atom. The average molecular weight is 517 g/mol. The molecule has 0 unspecified atom stereocenters. The third-order valence-electron chi connectivity index (χ3n) is 8.52. The highest BCUT2D eigenvalue weighted by atomic mass is 19.1. The Labute approximate surface area is 225 Å². The number of carbonyl (C=O) groups is 1. The molecule has 0 N–H and O–H groups in total. The van der Waals surface area contributed by atoms with E-state index in [1.165, 1.54) is 17.2 Å². The van der Waals surface area contributed by atoms with Gasteiger partial charge in [0.05, 0.1) is 13.2 Å². The molecule has 200 valence electrons. The van der Waals surface area contributed by atoms with Gasteiger partial charge in [-0.3, -0.25) is 0 Å². The number of rotatable bonds is 8. The Morgan fingerprint density at radius 2 is 1.79 bits per heavy atom. The molecule has 1 spiro atoms. The van der Waals surface area contributed by atoms with E-state index in [-0.39, 0.29) is 28.7 Å². The van der Waals surface area contributed by atoms with Gasteiger partial charge in [-0.2, -0.15) is 0 Å². The van der Waals surface area contributed by atoms with E-state index < -0.39 is 0 Å². The van der Waals surface area contributed by atoms with E-state index in [1.807, 2.05) is 18.2 Å². The van der Waals surface area contributed by atoms with Crippen molar-refractivity contribution >= 4 is 6.29 Å². The molecule has 3 aromatic rings. The molecule has 0 aliphatic heterocycles. The van der Waals surface area contributed by atoms with Gasteiger partial charge in [0.15, 0.2) is 0 Å². The number of aryl methyl sites for hydroxylation is 1. The maximum absolute atomic E-state index is 15.0. The SMILES string of the molecule is COc1ccc(F)c(-c2ccc(COc3ccc4c(c3)[C@@]3(CC4)CC[C@H]3C=O)cc2[C@@H](OC)C(C)(C)C)c1. The number of carbonyl (C=O) groups excluding carboxylic acids is 1. The Hall–Kier alpha value is -3.18. The second-order valence-corrected chi connectivity index (χ2v) is 11.8. The van der Waals surface area contributed by atoms with Crippen molar-refractivity contribution in [3.05, 3.63) is 82.7 Å². The molecule has 0 saturated heterocycles. The van der Waals surface area contributed by atoms with Crippen LogP contribution in [-0.2, 0) is 28.0 Å². The first-order valence-corrected chi connectivity index (χ1v) is 13.4. The van der Waals surface area contributed by atoms with Gasteiger partial charge >= 0.3 is 0 Å². The number of fused-ring (bicyclic) bond motifs is 2. The highest BCUT2D eigenvalue weighted by molar-refractivity contribution is 5.70. The Balaban J connectivity index is 1.46. The van der Waals surface area contributed by atoms with Crippen LogP contribution in [0.15, 0.2) is 54.6 Å². The average Bonchev–Trinajstić information content (AvgIpc) is 3.28. The summed E-state index contributed by atoms with van der Waals surface area (Å²) < 4.78 is 32.6. The van der Waals surface area contributed by atoms with Crippen molar-refractivity contribution in [2.75, 3.05) is 14.2 Å². The second kappa shape index (κ2) is 10.2. The van der Waals surface area contributed by atoms with E-state index in [1.54, 1.807) is 26.4 Å². The van der Waals surface area contributed by atoms with Gasteiger partial charge < -0.3 is 19.0 Å². The quantitative estimate of drug-likeness (QED) is 0.289. The van der Waals surface area contributed by atoms with Gasteiger partial charge in [-0.1, -0.05) is 39.0 Å². The minimum absolute atomic E-state index is 0.00444. The third-order valence-corrected chi connectivity index (χ3v) is 8.52. The van der Waals surface area contributed by atoms with Crippen molar-refractivity contribution in [1.29, 1.82) is 0 Å². The lowest BCUT2D eigenvalue weighted by Crippen LogP contribution is -2.43. The summed E-state index contributed by atoms with van der Waals surface area (Å²) >= 11 is 0. The zero-order valence-electron chi connectivity index (χ0n) is 23.0. The number of hydrogen-bond acceptors (Lipinski definition) is 4. The standard InChI is InChI=1S/C33H37FO4/c1-32(2,3)31(37-5)28-16-21(6-10-26(28)27-17-24(36-4)9-11-30(27)34)20-38-25-8-7-22-12-14-33(29(22)18-25)15-13-23(33)19-35/h6-11,16-19,23,31H,12-15,20H2,1-5H3/t23-,31+,33-/m0/s1. The highest BCUT2D eigenvalue weighted by Crippen LogP contribution is 2.56. The van der Waals surface area contributed by atoms with Gasteiger partial charge in [0.2, 0.25) is 0 Å². The van der Waals surface area contributed by atoms with E-state index in [4.69, 9.17) is 14.2 Å². The molecule has 0 radical (unpaired) electrons. The number of ether oxygens (including phenoxy) is 3. The normalized spacial score (nSPS) is 21.1. The van der Waals surface area contributed by atoms with Crippen molar-refractivity contribution < 1.29 is 23.4 Å². The molecule has 2 aliphatic carbocycles. The number of methoxy groups -OCH3 is 2. The topological polar surface area (TPSA) is 44.8 Å². The van der Waals surface area contributed by atoms with Crippen LogP contribution in [0.25, 0.3) is 11.1 Å². The molecule has 4 nitrogen and oxygen atoms in total. The van der Waals surface area contributed by atoms with Crippen molar-refractivity contribution in [3.63, 3.8) is 0 Å². The Kier molecular flexibility index (Phi) is 7.08. The van der Waals surface area contributed by atoms with Crippen molar-refractivity contribution in [1.82, 2.24) is 0 Å². The van der Waals surface area contributed by atoms with Crippen LogP contribution < -0.4 is 9.47 Å². The van der Waals surface area contributed by atoms with Gasteiger partial charge in [0.1, 0.15) is 30.2 Å². The molecule has 0 bridgehead atoms. The zero-order valence-corrected chi connectivity index (χ0v) is 23.0. The molecule has 3 atom stereocenters. The molecule has 0 amide bonds. The summed E-state index contributed by atoms with van der Waals surface area (Å²) in [6, 6.07) is 17.1. The Morgan fingerprint density at radius 3 is 2.45 bits per heavy atom. The zero-order chi connectivity index (χ0) is 27.1. The fourth-order valence-electron chi connectivity index (χ4n) is 6.44. The molecular weight excluding hydrogens is 479 g/mol. The van der Waals surface area contributed by atoms with Crippen molar-refractivity contribution in [2.45, 2.75) is 64.6 Å². The molecule has 5 rings (SSSR count). The number of hydrogen-bond donors (Lipinski definition) is 0. The van der Waals surface area contributed by atoms with Crippen molar-refractivity contribution in [3.8, 4) is 22.6 Å². The fourth-order valence-corrected chi connectivity index (χ4v) is 6.44. The summed E-state index contributed by atoms with van der Waals surface area (Å²) in [5.74, 6) is 1.22. The van der Waals surface area contributed by atoms with Gasteiger partial charge in [-0.05, 0) is 95.3 Å². The predicted molar refractivity (Wildman–Crippen MR) is 147 cm³/mol. The first kappa shape index (κ1) is 26.4. The lowest BCUT2D eigenvalue weighted by Gasteiger charge is -2.45. The molecule has 2 aliphatic rings. The molecule has 3 aromatic carbocycles. The lowest BCUT2D eigenvalue weighted by atomic mass is 9.58. The molecule has 5 heteroatoms. The first-order valence-electron chi connectivity index (χ1n) is 13.4. The third kappa shape index (κ3) is 4.62. The molecule has 0 aromatic heterocycles. The molecular formula is C33H37FO4. The first-order chi connectivity index (χ1) is 18.2. The van der Waals surface area contributed by atoms with E-state index in [9.17, 15) is 4.79 Å². The van der Waals surface area contributed by atoms with Gasteiger partial charge in [-0.25, -0.2) is 4.39 Å². The van der Waals surface area contributed by atoms with Crippen molar-refractivity contribution in [2.24, 2.45) is 11.3 Å². The van der Waals surface area contributed by atoms with Crippen LogP contribution in [0, 0.1) is 17.2 Å². The monoisotopic (exact) mass is 516 g/mol. The summed E-state index contributed by atoms with van der Waals surface area (Å²) in [5, 5.41) is 0. The van der Waals surface area contributed by atoms with Crippen LogP contribution in [0.4, 0.5) is 4.39 Å². The maximum Gasteiger partial charge on any atom is 0.131 e. The summed E-state index contributed by atoms with van der Waals surface area (Å²) in [5.41, 5.74) is 5.55. The van der Waals surface area contributed by atoms with Gasteiger partial charge in [0, 0.05) is 24.0 Å². The Bertz CT molecular complexity index is 1340. The minimum atomic E-state index is -0.309. The fraction of sp³-hybridized carbons (Fsp3) is 0.424. The summed E-state index contributed by atoms with van der Waals surface area (Å²) in [7, 11) is 3.27. The lowest BCUT2D eigenvalue weighted by molar-refractivity contribution is -0.116. The number of halogens is 1.